The fourth-order valence-electron chi connectivity index (χ4n) is 3.06. The molecule has 2 amide bonds. The monoisotopic (exact) mass is 435 g/mol. The lowest BCUT2D eigenvalue weighted by atomic mass is 9.99. The van der Waals surface area contributed by atoms with Gasteiger partial charge in [0.25, 0.3) is 0 Å². The summed E-state index contributed by atoms with van der Waals surface area (Å²) in [6.07, 6.45) is 2.11. The highest BCUT2D eigenvalue weighted by atomic mass is 79.9. The highest BCUT2D eigenvalue weighted by Gasteiger charge is 2.31. The molecule has 134 valence electrons. The average Bonchev–Trinajstić information content (AvgIpc) is 3.27. The summed E-state index contributed by atoms with van der Waals surface area (Å²) >= 11 is 4.64. The summed E-state index contributed by atoms with van der Waals surface area (Å²) in [5, 5.41) is 12.2. The van der Waals surface area contributed by atoms with Gasteiger partial charge in [-0.25, -0.2) is 14.2 Å². The van der Waals surface area contributed by atoms with Crippen molar-refractivity contribution in [2.45, 2.75) is 25.9 Å². The first-order chi connectivity index (χ1) is 12.5. The molecular formula is C17H15BrFN5OS. The van der Waals surface area contributed by atoms with Crippen molar-refractivity contribution < 1.29 is 9.18 Å². The molecule has 4 rings (SSSR count). The number of rotatable bonds is 2. The van der Waals surface area contributed by atoms with Crippen molar-refractivity contribution in [3.05, 3.63) is 51.5 Å². The third-order valence-electron chi connectivity index (χ3n) is 4.42. The van der Waals surface area contributed by atoms with Crippen LogP contribution in [0.5, 0.6) is 0 Å². The largest absolute Gasteiger partial charge is 0.322 e. The summed E-state index contributed by atoms with van der Waals surface area (Å²) in [5.41, 5.74) is 3.03. The number of carbonyl (C=O) groups excluding carboxylic acids is 1. The summed E-state index contributed by atoms with van der Waals surface area (Å²) in [4.78, 5) is 19.3. The Morgan fingerprint density at radius 3 is 3.12 bits per heavy atom. The molecule has 1 aliphatic heterocycles. The van der Waals surface area contributed by atoms with Gasteiger partial charge in [0.1, 0.15) is 10.3 Å². The Morgan fingerprint density at radius 2 is 2.35 bits per heavy atom. The van der Waals surface area contributed by atoms with Gasteiger partial charge in [-0.2, -0.15) is 5.10 Å². The molecule has 0 radical (unpaired) electrons. The van der Waals surface area contributed by atoms with Gasteiger partial charge in [0.05, 0.1) is 17.1 Å². The number of aromatic amines is 1. The molecule has 4 heterocycles. The number of nitrogens with zero attached hydrogens (tertiary/aromatic N) is 3. The van der Waals surface area contributed by atoms with Gasteiger partial charge in [0, 0.05) is 29.9 Å². The lowest BCUT2D eigenvalue weighted by molar-refractivity contribution is 0.182. The molecule has 0 saturated carbocycles. The molecule has 3 aromatic rings. The van der Waals surface area contributed by atoms with Crippen molar-refractivity contribution >= 4 is 39.0 Å². The number of halogens is 2. The van der Waals surface area contributed by atoms with Gasteiger partial charge in [-0.05, 0) is 40.4 Å². The molecule has 26 heavy (non-hydrogen) atoms. The number of hydrogen-bond acceptors (Lipinski definition) is 4. The Bertz CT molecular complexity index is 958. The van der Waals surface area contributed by atoms with Crippen LogP contribution in [-0.4, -0.2) is 32.2 Å². The van der Waals surface area contributed by atoms with Crippen LogP contribution in [0.25, 0.3) is 10.6 Å². The zero-order valence-electron chi connectivity index (χ0n) is 13.8. The van der Waals surface area contributed by atoms with Gasteiger partial charge < -0.3 is 10.2 Å². The van der Waals surface area contributed by atoms with Gasteiger partial charge >= 0.3 is 6.03 Å². The summed E-state index contributed by atoms with van der Waals surface area (Å²) < 4.78 is 14.2. The Labute approximate surface area is 161 Å². The van der Waals surface area contributed by atoms with Crippen LogP contribution in [0.15, 0.2) is 34.4 Å². The van der Waals surface area contributed by atoms with Gasteiger partial charge in [-0.15, -0.1) is 11.3 Å². The van der Waals surface area contributed by atoms with Gasteiger partial charge in [0.2, 0.25) is 0 Å². The average molecular weight is 436 g/mol. The van der Waals surface area contributed by atoms with Gasteiger partial charge in [0.15, 0.2) is 5.82 Å². The maximum Gasteiger partial charge on any atom is 0.322 e. The van der Waals surface area contributed by atoms with Crippen LogP contribution >= 0.6 is 27.3 Å². The zero-order valence-corrected chi connectivity index (χ0v) is 16.2. The van der Waals surface area contributed by atoms with Crippen LogP contribution in [0.3, 0.4) is 0 Å². The number of nitrogens with one attached hydrogen (secondary N) is 2. The summed E-state index contributed by atoms with van der Waals surface area (Å²) in [6.45, 7) is 2.38. The van der Waals surface area contributed by atoms with E-state index in [0.29, 0.717) is 13.0 Å². The summed E-state index contributed by atoms with van der Waals surface area (Å²) in [6, 6.07) is 5.03. The molecule has 0 spiro atoms. The van der Waals surface area contributed by atoms with Crippen LogP contribution < -0.4 is 5.32 Å². The quantitative estimate of drug-likeness (QED) is 0.585. The molecule has 9 heteroatoms. The number of hydrogen-bond donors (Lipinski definition) is 2. The van der Waals surface area contributed by atoms with Crippen LogP contribution in [0.4, 0.5) is 14.9 Å². The second-order valence-corrected chi connectivity index (χ2v) is 7.78. The summed E-state index contributed by atoms with van der Waals surface area (Å²) in [5.74, 6) is -0.589. The number of fused-ring (bicyclic) bond motifs is 1. The van der Waals surface area contributed by atoms with Crippen molar-refractivity contribution in [1.29, 1.82) is 0 Å². The molecule has 3 aromatic heterocycles. The molecule has 0 aliphatic carbocycles. The van der Waals surface area contributed by atoms with Crippen molar-refractivity contribution in [2.75, 3.05) is 5.32 Å². The first-order valence-electron chi connectivity index (χ1n) is 8.02. The van der Waals surface area contributed by atoms with Gasteiger partial charge in [-0.3, -0.25) is 5.10 Å². The second kappa shape index (κ2) is 6.81. The molecule has 1 atom stereocenters. The highest BCUT2D eigenvalue weighted by Crippen LogP contribution is 2.33. The molecule has 2 N–H and O–H groups in total. The number of aromatic nitrogens is 3. The van der Waals surface area contributed by atoms with E-state index < -0.39 is 5.82 Å². The van der Waals surface area contributed by atoms with E-state index in [9.17, 15) is 9.18 Å². The second-order valence-electron chi connectivity index (χ2n) is 6.08. The number of anilines is 1. The SMILES string of the molecule is C[C@H]1Cc2[nH]nc(-c3cccs3)c2CN1C(=O)Nc1ccnc(Br)c1F. The minimum Gasteiger partial charge on any atom is -0.317 e. The number of amides is 2. The fraction of sp³-hybridized carbons (Fsp3) is 0.235. The van der Waals surface area contributed by atoms with E-state index in [-0.39, 0.29) is 22.4 Å². The van der Waals surface area contributed by atoms with Gasteiger partial charge in [-0.1, -0.05) is 6.07 Å². The number of pyridine rings is 1. The molecule has 0 fully saturated rings. The zero-order chi connectivity index (χ0) is 18.3. The maximum absolute atomic E-state index is 14.1. The molecule has 0 saturated heterocycles. The Hall–Kier alpha value is -2.26. The predicted molar refractivity (Wildman–Crippen MR) is 102 cm³/mol. The van der Waals surface area contributed by atoms with Crippen LogP contribution in [0.1, 0.15) is 18.2 Å². The van der Waals surface area contributed by atoms with Crippen LogP contribution in [0.2, 0.25) is 0 Å². The third-order valence-corrected chi connectivity index (χ3v) is 5.85. The Balaban J connectivity index is 1.59. The first kappa shape index (κ1) is 17.2. The lowest BCUT2D eigenvalue weighted by Crippen LogP contribution is -2.44. The Morgan fingerprint density at radius 1 is 1.50 bits per heavy atom. The van der Waals surface area contributed by atoms with E-state index in [1.54, 1.807) is 16.2 Å². The number of thiophene rings is 1. The third kappa shape index (κ3) is 3.01. The standard InChI is InChI=1S/C17H15BrFN5OS/c1-9-7-12-10(15(23-22-12)13-3-2-6-26-13)8-24(9)17(25)21-11-4-5-20-16(18)14(11)19/h2-6,9H,7-8H2,1H3,(H,22,23)(H,20,21,25)/t9-/m0/s1. The van der Waals surface area contributed by atoms with Crippen molar-refractivity contribution in [3.8, 4) is 10.6 Å². The maximum atomic E-state index is 14.1. The molecule has 0 unspecified atom stereocenters. The highest BCUT2D eigenvalue weighted by molar-refractivity contribution is 9.10. The molecule has 0 bridgehead atoms. The molecular weight excluding hydrogens is 421 g/mol. The number of H-pyrrole nitrogens is 1. The minimum atomic E-state index is -0.589. The molecule has 1 aliphatic rings. The van der Waals surface area contributed by atoms with E-state index in [1.165, 1.54) is 12.3 Å². The van der Waals surface area contributed by atoms with E-state index in [4.69, 9.17) is 0 Å². The van der Waals surface area contributed by atoms with Crippen LogP contribution in [0, 0.1) is 5.82 Å². The molecule has 0 aromatic carbocycles. The lowest BCUT2D eigenvalue weighted by Gasteiger charge is -2.33. The van der Waals surface area contributed by atoms with E-state index in [1.807, 2.05) is 24.4 Å². The van der Waals surface area contributed by atoms with E-state index in [0.717, 1.165) is 21.8 Å². The minimum absolute atomic E-state index is 0.0347. The normalized spacial score (nSPS) is 16.4. The van der Waals surface area contributed by atoms with Crippen molar-refractivity contribution in [2.24, 2.45) is 0 Å². The fourth-order valence-corrected chi connectivity index (χ4v) is 4.14. The van der Waals surface area contributed by atoms with E-state index in [2.05, 4.69) is 36.4 Å². The first-order valence-corrected chi connectivity index (χ1v) is 9.69. The number of urea groups is 1. The van der Waals surface area contributed by atoms with E-state index >= 15 is 0 Å². The summed E-state index contributed by atoms with van der Waals surface area (Å²) in [7, 11) is 0. The number of carbonyl (C=O) groups is 1. The Kier molecular flexibility index (Phi) is 4.49. The molecule has 6 nitrogen and oxygen atoms in total. The predicted octanol–water partition coefficient (Wildman–Crippen LogP) is 4.41. The van der Waals surface area contributed by atoms with Crippen molar-refractivity contribution in [1.82, 2.24) is 20.1 Å². The smallest absolute Gasteiger partial charge is 0.317 e. The van der Waals surface area contributed by atoms with Crippen LogP contribution in [-0.2, 0) is 13.0 Å². The van der Waals surface area contributed by atoms with Crippen molar-refractivity contribution in [3.63, 3.8) is 0 Å². The topological polar surface area (TPSA) is 73.9 Å².